The van der Waals surface area contributed by atoms with Crippen LogP contribution in [0.25, 0.3) is 0 Å². The number of thiazole rings is 1. The minimum Gasteiger partial charge on any atom is -0.269 e. The van der Waals surface area contributed by atoms with Gasteiger partial charge in [-0.15, -0.1) is 23.1 Å². The summed E-state index contributed by atoms with van der Waals surface area (Å²) in [5.74, 6) is 0.582. The van der Waals surface area contributed by atoms with Crippen LogP contribution < -0.4 is 5.48 Å². The molecule has 0 aliphatic carbocycles. The summed E-state index contributed by atoms with van der Waals surface area (Å²) in [4.78, 5) is 22.9. The zero-order chi connectivity index (χ0) is 17.5. The Kier molecular flexibility index (Phi) is 6.22. The van der Waals surface area contributed by atoms with Crippen molar-refractivity contribution in [2.45, 2.75) is 24.2 Å². The first-order chi connectivity index (χ1) is 12.2. The fraction of sp³-hybridized carbons (Fsp3) is 0.158. The highest BCUT2D eigenvalue weighted by molar-refractivity contribution is 7.98. The van der Waals surface area contributed by atoms with Gasteiger partial charge >= 0.3 is 0 Å². The summed E-state index contributed by atoms with van der Waals surface area (Å²) in [5, 5.41) is 3.16. The molecule has 1 N–H and O–H groups in total. The van der Waals surface area contributed by atoms with Gasteiger partial charge in [0.2, 0.25) is 0 Å². The molecule has 3 aromatic rings. The normalized spacial score (nSPS) is 10.6. The van der Waals surface area contributed by atoms with Crippen LogP contribution in [-0.2, 0) is 17.2 Å². The van der Waals surface area contributed by atoms with E-state index in [0.717, 1.165) is 26.9 Å². The Labute approximate surface area is 155 Å². The summed E-state index contributed by atoms with van der Waals surface area (Å²) in [7, 11) is 0. The lowest BCUT2D eigenvalue weighted by Gasteiger charge is -2.07. The monoisotopic (exact) mass is 370 g/mol. The van der Waals surface area contributed by atoms with Crippen LogP contribution in [0.4, 0.5) is 0 Å². The van der Waals surface area contributed by atoms with E-state index in [2.05, 4.69) is 15.8 Å². The van der Waals surface area contributed by atoms with Crippen molar-refractivity contribution in [3.8, 4) is 0 Å². The van der Waals surface area contributed by atoms with Crippen molar-refractivity contribution in [1.82, 2.24) is 10.5 Å². The molecule has 1 aromatic heterocycles. The number of thioether (sulfide) groups is 1. The Morgan fingerprint density at radius 3 is 2.60 bits per heavy atom. The number of hydroxylamine groups is 1. The van der Waals surface area contributed by atoms with Crippen LogP contribution in [0.2, 0.25) is 0 Å². The molecule has 25 heavy (non-hydrogen) atoms. The van der Waals surface area contributed by atoms with Crippen molar-refractivity contribution < 1.29 is 9.63 Å². The Morgan fingerprint density at radius 2 is 1.92 bits per heavy atom. The number of benzene rings is 2. The third kappa shape index (κ3) is 5.42. The molecule has 0 unspecified atom stereocenters. The number of carbonyl (C=O) groups excluding carboxylic acids is 1. The van der Waals surface area contributed by atoms with E-state index in [1.165, 1.54) is 0 Å². The number of nitrogens with one attached hydrogen (secondary N) is 1. The van der Waals surface area contributed by atoms with Gasteiger partial charge in [0, 0.05) is 21.6 Å². The predicted octanol–water partition coefficient (Wildman–Crippen LogP) is 4.61. The molecule has 3 rings (SSSR count). The Balaban J connectivity index is 1.46. The van der Waals surface area contributed by atoms with Crippen LogP contribution in [0, 0.1) is 6.92 Å². The number of hydrogen-bond donors (Lipinski definition) is 1. The van der Waals surface area contributed by atoms with Crippen LogP contribution in [0.3, 0.4) is 0 Å². The molecule has 0 saturated carbocycles. The molecule has 4 nitrogen and oxygen atoms in total. The van der Waals surface area contributed by atoms with E-state index in [1.807, 2.05) is 49.4 Å². The number of rotatable bonds is 7. The first kappa shape index (κ1) is 17.7. The number of hydrogen-bond acceptors (Lipinski definition) is 5. The van der Waals surface area contributed by atoms with E-state index in [-0.39, 0.29) is 5.91 Å². The van der Waals surface area contributed by atoms with Gasteiger partial charge in [0.15, 0.2) is 0 Å². The first-order valence-electron chi connectivity index (χ1n) is 7.80. The fourth-order valence-electron chi connectivity index (χ4n) is 2.15. The molecule has 0 aliphatic rings. The van der Waals surface area contributed by atoms with E-state index >= 15 is 0 Å². The maximum atomic E-state index is 12.1. The molecule has 6 heteroatoms. The highest BCUT2D eigenvalue weighted by Crippen LogP contribution is 2.23. The van der Waals surface area contributed by atoms with Crippen molar-refractivity contribution in [3.63, 3.8) is 0 Å². The molecule has 0 fully saturated rings. The molecule has 128 valence electrons. The lowest BCUT2D eigenvalue weighted by Crippen LogP contribution is -2.23. The molecule has 0 spiro atoms. The van der Waals surface area contributed by atoms with Crippen molar-refractivity contribution in [2.24, 2.45) is 0 Å². The second-order valence-corrected chi connectivity index (χ2v) is 7.49. The topological polar surface area (TPSA) is 51.2 Å². The highest BCUT2D eigenvalue weighted by atomic mass is 32.2. The van der Waals surface area contributed by atoms with E-state index in [0.29, 0.717) is 12.2 Å². The number of aryl methyl sites for hydroxylation is 1. The van der Waals surface area contributed by atoms with Gasteiger partial charge < -0.3 is 0 Å². The van der Waals surface area contributed by atoms with Gasteiger partial charge in [0.1, 0.15) is 0 Å². The maximum absolute atomic E-state index is 12.1. The molecular weight excluding hydrogens is 352 g/mol. The lowest BCUT2D eigenvalue weighted by molar-refractivity contribution is 0.0233. The fourth-order valence-corrected chi connectivity index (χ4v) is 3.66. The van der Waals surface area contributed by atoms with Gasteiger partial charge in [0.05, 0.1) is 17.3 Å². The third-order valence-electron chi connectivity index (χ3n) is 3.42. The van der Waals surface area contributed by atoms with Gasteiger partial charge in [-0.1, -0.05) is 30.3 Å². The Bertz CT molecular complexity index is 817. The second kappa shape index (κ2) is 8.80. The first-order valence-corrected chi connectivity index (χ1v) is 9.67. The molecular formula is C19H18N2O2S2. The molecule has 0 aliphatic heterocycles. The molecule has 0 radical (unpaired) electrons. The van der Waals surface area contributed by atoms with Gasteiger partial charge in [-0.2, -0.15) is 0 Å². The zero-order valence-electron chi connectivity index (χ0n) is 13.8. The van der Waals surface area contributed by atoms with Crippen molar-refractivity contribution >= 4 is 29.0 Å². The molecule has 0 atom stereocenters. The summed E-state index contributed by atoms with van der Waals surface area (Å²) in [5.41, 5.74) is 5.14. The van der Waals surface area contributed by atoms with Crippen LogP contribution in [0.5, 0.6) is 0 Å². The molecule has 2 aromatic carbocycles. The van der Waals surface area contributed by atoms with Crippen LogP contribution in [0.15, 0.2) is 64.9 Å². The maximum Gasteiger partial charge on any atom is 0.274 e. The van der Waals surface area contributed by atoms with Crippen molar-refractivity contribution in [1.29, 1.82) is 0 Å². The average molecular weight is 370 g/mol. The number of nitrogens with zero attached hydrogens (tertiary/aromatic N) is 1. The molecule has 1 heterocycles. The minimum absolute atomic E-state index is 0.248. The largest absolute Gasteiger partial charge is 0.274 e. The van der Waals surface area contributed by atoms with E-state index in [4.69, 9.17) is 4.84 Å². The van der Waals surface area contributed by atoms with Crippen molar-refractivity contribution in [2.75, 3.05) is 0 Å². The summed E-state index contributed by atoms with van der Waals surface area (Å²) in [6, 6.07) is 17.2. The lowest BCUT2D eigenvalue weighted by atomic mass is 10.2. The Morgan fingerprint density at radius 1 is 1.16 bits per heavy atom. The summed E-state index contributed by atoms with van der Waals surface area (Å²) in [6.07, 6.45) is 0. The quantitative estimate of drug-likeness (QED) is 0.488. The second-order valence-electron chi connectivity index (χ2n) is 5.38. The van der Waals surface area contributed by atoms with Gasteiger partial charge in [-0.05, 0) is 36.8 Å². The average Bonchev–Trinajstić information content (AvgIpc) is 3.06. The smallest absolute Gasteiger partial charge is 0.269 e. The van der Waals surface area contributed by atoms with Crippen molar-refractivity contribution in [3.05, 3.63) is 81.8 Å². The standard InChI is InChI=1S/C19H18N2O2S2/c1-14-20-17(12-24-14)13-25-18-9-7-16(8-10-18)19(22)21-23-11-15-5-3-2-4-6-15/h2-10,12H,11,13H2,1H3,(H,21,22). The van der Waals surface area contributed by atoms with Gasteiger partial charge in [0.25, 0.3) is 5.91 Å². The highest BCUT2D eigenvalue weighted by Gasteiger charge is 2.06. The van der Waals surface area contributed by atoms with Gasteiger partial charge in [-0.25, -0.2) is 10.5 Å². The number of amides is 1. The summed E-state index contributed by atoms with van der Waals surface area (Å²) >= 11 is 3.36. The summed E-state index contributed by atoms with van der Waals surface area (Å²) in [6.45, 7) is 2.35. The molecule has 0 saturated heterocycles. The van der Waals surface area contributed by atoms with Gasteiger partial charge in [-0.3, -0.25) is 9.63 Å². The zero-order valence-corrected chi connectivity index (χ0v) is 15.4. The summed E-state index contributed by atoms with van der Waals surface area (Å²) < 4.78 is 0. The number of aromatic nitrogens is 1. The Hall–Kier alpha value is -2.15. The van der Waals surface area contributed by atoms with Crippen LogP contribution in [0.1, 0.15) is 26.6 Å². The van der Waals surface area contributed by atoms with E-state index in [9.17, 15) is 4.79 Å². The van der Waals surface area contributed by atoms with E-state index < -0.39 is 0 Å². The SMILES string of the molecule is Cc1nc(CSc2ccc(C(=O)NOCc3ccccc3)cc2)cs1. The molecule has 0 bridgehead atoms. The third-order valence-corrected chi connectivity index (χ3v) is 5.28. The molecule has 1 amide bonds. The minimum atomic E-state index is -0.248. The van der Waals surface area contributed by atoms with Crippen LogP contribution >= 0.6 is 23.1 Å². The van der Waals surface area contributed by atoms with Crippen LogP contribution in [-0.4, -0.2) is 10.9 Å². The predicted molar refractivity (Wildman–Crippen MR) is 102 cm³/mol. The number of carbonyl (C=O) groups is 1. The van der Waals surface area contributed by atoms with E-state index in [1.54, 1.807) is 35.2 Å².